The van der Waals surface area contributed by atoms with E-state index in [2.05, 4.69) is 10.6 Å². The number of hydrogen-bond acceptors (Lipinski definition) is 2. The first kappa shape index (κ1) is 17.0. The largest absolute Gasteiger partial charge is 0.334 e. The molecule has 0 radical (unpaired) electrons. The summed E-state index contributed by atoms with van der Waals surface area (Å²) >= 11 is 0. The Balaban J connectivity index is 1.52. The SMILES string of the molecule is Cc1ccc(CNC(=O)NC2CCN(c3ccc(F)cc3)C2=O)cc1. The van der Waals surface area contributed by atoms with Crippen LogP contribution in [0.4, 0.5) is 14.9 Å². The molecule has 1 saturated heterocycles. The van der Waals surface area contributed by atoms with Crippen molar-refractivity contribution in [3.05, 3.63) is 65.5 Å². The van der Waals surface area contributed by atoms with Crippen LogP contribution in [-0.4, -0.2) is 24.5 Å². The van der Waals surface area contributed by atoms with Crippen molar-refractivity contribution >= 4 is 17.6 Å². The van der Waals surface area contributed by atoms with Gasteiger partial charge < -0.3 is 15.5 Å². The fraction of sp³-hybridized carbons (Fsp3) is 0.263. The molecule has 0 aliphatic carbocycles. The summed E-state index contributed by atoms with van der Waals surface area (Å²) in [5.41, 5.74) is 2.79. The van der Waals surface area contributed by atoms with E-state index in [0.717, 1.165) is 11.1 Å². The molecule has 130 valence electrons. The van der Waals surface area contributed by atoms with E-state index < -0.39 is 6.04 Å². The fourth-order valence-electron chi connectivity index (χ4n) is 2.79. The zero-order valence-corrected chi connectivity index (χ0v) is 14.0. The van der Waals surface area contributed by atoms with Crippen LogP contribution in [0.15, 0.2) is 48.5 Å². The van der Waals surface area contributed by atoms with Crippen LogP contribution in [0.5, 0.6) is 0 Å². The van der Waals surface area contributed by atoms with Crippen LogP contribution in [0, 0.1) is 12.7 Å². The van der Waals surface area contributed by atoms with Crippen LogP contribution in [0.3, 0.4) is 0 Å². The summed E-state index contributed by atoms with van der Waals surface area (Å²) in [6, 6.07) is 12.7. The summed E-state index contributed by atoms with van der Waals surface area (Å²) in [5, 5.41) is 5.46. The number of nitrogens with zero attached hydrogens (tertiary/aromatic N) is 1. The molecule has 0 aromatic heterocycles. The van der Waals surface area contributed by atoms with E-state index in [9.17, 15) is 14.0 Å². The van der Waals surface area contributed by atoms with E-state index in [1.807, 2.05) is 31.2 Å². The Morgan fingerprint density at radius 2 is 1.84 bits per heavy atom. The summed E-state index contributed by atoms with van der Waals surface area (Å²) in [4.78, 5) is 26.0. The van der Waals surface area contributed by atoms with Crippen molar-refractivity contribution in [2.24, 2.45) is 0 Å². The number of rotatable bonds is 4. The summed E-state index contributed by atoms with van der Waals surface area (Å²) < 4.78 is 13.0. The number of amides is 3. The first-order chi connectivity index (χ1) is 12.0. The normalized spacial score (nSPS) is 16.8. The van der Waals surface area contributed by atoms with Gasteiger partial charge in [0.15, 0.2) is 0 Å². The predicted molar refractivity (Wildman–Crippen MR) is 93.7 cm³/mol. The molecular weight excluding hydrogens is 321 g/mol. The lowest BCUT2D eigenvalue weighted by Crippen LogP contribution is -2.45. The van der Waals surface area contributed by atoms with Crippen LogP contribution in [0.1, 0.15) is 17.5 Å². The average molecular weight is 341 g/mol. The second-order valence-corrected chi connectivity index (χ2v) is 6.12. The Morgan fingerprint density at radius 3 is 2.52 bits per heavy atom. The molecule has 2 aromatic carbocycles. The van der Waals surface area contributed by atoms with Gasteiger partial charge in [0.25, 0.3) is 0 Å². The molecule has 3 rings (SSSR count). The van der Waals surface area contributed by atoms with E-state index in [-0.39, 0.29) is 17.8 Å². The first-order valence-corrected chi connectivity index (χ1v) is 8.20. The maximum absolute atomic E-state index is 13.0. The minimum Gasteiger partial charge on any atom is -0.334 e. The molecule has 5 nitrogen and oxygen atoms in total. The molecule has 2 N–H and O–H groups in total. The molecule has 0 bridgehead atoms. The van der Waals surface area contributed by atoms with Crippen LogP contribution < -0.4 is 15.5 Å². The molecular formula is C19H20FN3O2. The van der Waals surface area contributed by atoms with E-state index >= 15 is 0 Å². The number of urea groups is 1. The number of carbonyl (C=O) groups excluding carboxylic acids is 2. The molecule has 1 heterocycles. The molecule has 2 aromatic rings. The Hall–Kier alpha value is -2.89. The molecule has 1 aliphatic heterocycles. The van der Waals surface area contributed by atoms with E-state index in [4.69, 9.17) is 0 Å². The van der Waals surface area contributed by atoms with Crippen molar-refractivity contribution in [3.8, 4) is 0 Å². The molecule has 6 heteroatoms. The van der Waals surface area contributed by atoms with Crippen LogP contribution >= 0.6 is 0 Å². The summed E-state index contributed by atoms with van der Waals surface area (Å²) in [7, 11) is 0. The number of hydrogen-bond donors (Lipinski definition) is 2. The van der Waals surface area contributed by atoms with Crippen molar-refractivity contribution in [1.29, 1.82) is 0 Å². The smallest absolute Gasteiger partial charge is 0.315 e. The molecule has 3 amide bonds. The minimum atomic E-state index is -0.567. The lowest BCUT2D eigenvalue weighted by atomic mass is 10.1. The Bertz CT molecular complexity index is 759. The van der Waals surface area contributed by atoms with Crippen LogP contribution in [-0.2, 0) is 11.3 Å². The number of aryl methyl sites for hydroxylation is 1. The van der Waals surface area contributed by atoms with Crippen molar-refractivity contribution in [1.82, 2.24) is 10.6 Å². The standard InChI is InChI=1S/C19H20FN3O2/c1-13-2-4-14(5-3-13)12-21-19(25)22-17-10-11-23(18(17)24)16-8-6-15(20)7-9-16/h2-9,17H,10-12H2,1H3,(H2,21,22,25). The number of benzene rings is 2. The lowest BCUT2D eigenvalue weighted by Gasteiger charge is -2.17. The van der Waals surface area contributed by atoms with Gasteiger partial charge in [-0.25, -0.2) is 9.18 Å². The predicted octanol–water partition coefficient (Wildman–Crippen LogP) is 2.74. The summed E-state index contributed by atoms with van der Waals surface area (Å²) in [6.45, 7) is 2.89. The maximum atomic E-state index is 13.0. The van der Waals surface area contributed by atoms with E-state index in [1.165, 1.54) is 12.1 Å². The van der Waals surface area contributed by atoms with Crippen LogP contribution in [0.25, 0.3) is 0 Å². The quantitative estimate of drug-likeness (QED) is 0.898. The van der Waals surface area contributed by atoms with Gasteiger partial charge in [0.2, 0.25) is 5.91 Å². The minimum absolute atomic E-state index is 0.183. The van der Waals surface area contributed by atoms with Crippen molar-refractivity contribution in [3.63, 3.8) is 0 Å². The van der Waals surface area contributed by atoms with E-state index in [1.54, 1.807) is 17.0 Å². The van der Waals surface area contributed by atoms with Crippen molar-refractivity contribution < 1.29 is 14.0 Å². The van der Waals surface area contributed by atoms with Crippen LogP contribution in [0.2, 0.25) is 0 Å². The van der Waals surface area contributed by atoms with Gasteiger partial charge in [-0.3, -0.25) is 4.79 Å². The van der Waals surface area contributed by atoms with E-state index in [0.29, 0.717) is 25.2 Å². The van der Waals surface area contributed by atoms with Gasteiger partial charge in [-0.1, -0.05) is 29.8 Å². The first-order valence-electron chi connectivity index (χ1n) is 8.20. The van der Waals surface area contributed by atoms with Gasteiger partial charge in [-0.2, -0.15) is 0 Å². The van der Waals surface area contributed by atoms with Crippen molar-refractivity contribution in [2.75, 3.05) is 11.4 Å². The third-order valence-electron chi connectivity index (χ3n) is 4.22. The lowest BCUT2D eigenvalue weighted by molar-refractivity contribution is -0.118. The van der Waals surface area contributed by atoms with Gasteiger partial charge in [-0.15, -0.1) is 0 Å². The second kappa shape index (κ2) is 7.34. The number of anilines is 1. The van der Waals surface area contributed by atoms with Crippen molar-refractivity contribution in [2.45, 2.75) is 25.9 Å². The monoisotopic (exact) mass is 341 g/mol. The molecule has 0 saturated carbocycles. The second-order valence-electron chi connectivity index (χ2n) is 6.12. The molecule has 1 atom stereocenters. The number of carbonyl (C=O) groups is 2. The third-order valence-corrected chi connectivity index (χ3v) is 4.22. The maximum Gasteiger partial charge on any atom is 0.315 e. The zero-order chi connectivity index (χ0) is 17.8. The van der Waals surface area contributed by atoms with Gasteiger partial charge in [-0.05, 0) is 43.2 Å². The third kappa shape index (κ3) is 4.15. The molecule has 1 aliphatic rings. The highest BCUT2D eigenvalue weighted by atomic mass is 19.1. The average Bonchev–Trinajstić information content (AvgIpc) is 2.96. The summed E-state index contributed by atoms with van der Waals surface area (Å²) in [5.74, 6) is -0.530. The molecule has 1 unspecified atom stereocenters. The van der Waals surface area contributed by atoms with Gasteiger partial charge >= 0.3 is 6.03 Å². The Morgan fingerprint density at radius 1 is 1.16 bits per heavy atom. The highest BCUT2D eigenvalue weighted by Crippen LogP contribution is 2.21. The fourth-order valence-corrected chi connectivity index (χ4v) is 2.79. The number of nitrogens with one attached hydrogen (secondary N) is 2. The number of halogens is 1. The summed E-state index contributed by atoms with van der Waals surface area (Å²) in [6.07, 6.45) is 0.522. The van der Waals surface area contributed by atoms with Gasteiger partial charge in [0.05, 0.1) is 0 Å². The Labute approximate surface area is 145 Å². The molecule has 0 spiro atoms. The Kier molecular flexibility index (Phi) is 4.97. The molecule has 1 fully saturated rings. The molecule has 25 heavy (non-hydrogen) atoms. The van der Waals surface area contributed by atoms with Gasteiger partial charge in [0.1, 0.15) is 11.9 Å². The van der Waals surface area contributed by atoms with Gasteiger partial charge in [0, 0.05) is 18.8 Å². The zero-order valence-electron chi connectivity index (χ0n) is 14.0. The highest BCUT2D eigenvalue weighted by Gasteiger charge is 2.33. The highest BCUT2D eigenvalue weighted by molar-refractivity contribution is 6.01. The topological polar surface area (TPSA) is 61.4 Å².